The number of carboxylic acids is 1. The van der Waals surface area contributed by atoms with Gasteiger partial charge in [0.1, 0.15) is 23.8 Å². The van der Waals surface area contributed by atoms with Crippen molar-refractivity contribution in [3.63, 3.8) is 0 Å². The maximum Gasteiger partial charge on any atom is 0.356 e. The van der Waals surface area contributed by atoms with Gasteiger partial charge >= 0.3 is 5.97 Å². The number of anilines is 2. The number of nitrogens with zero attached hydrogens (tertiary/aromatic N) is 4. The molecule has 0 aromatic carbocycles. The number of aromatic nitrogens is 4. The second kappa shape index (κ2) is 5.82. The normalized spacial score (nSPS) is 10.4. The molecule has 0 atom stereocenters. The van der Waals surface area contributed by atoms with Crippen LogP contribution in [0, 0.1) is 0 Å². The molecule has 0 spiro atoms. The highest BCUT2D eigenvalue weighted by Crippen LogP contribution is 2.17. The molecule has 0 saturated carbocycles. The SMILES string of the molecule is O=C(O)c1cn(-c2cccc(Nc3cc(Cl)ccn3)n2)cn1. The maximum absolute atomic E-state index is 10.9. The van der Waals surface area contributed by atoms with E-state index in [-0.39, 0.29) is 5.69 Å². The molecule has 0 unspecified atom stereocenters. The van der Waals surface area contributed by atoms with Gasteiger partial charge < -0.3 is 10.4 Å². The van der Waals surface area contributed by atoms with Gasteiger partial charge in [0.05, 0.1) is 0 Å². The Morgan fingerprint density at radius 1 is 1.23 bits per heavy atom. The van der Waals surface area contributed by atoms with Crippen LogP contribution in [0.15, 0.2) is 49.1 Å². The van der Waals surface area contributed by atoms with Gasteiger partial charge in [-0.2, -0.15) is 0 Å². The summed E-state index contributed by atoms with van der Waals surface area (Å²) in [4.78, 5) is 23.2. The van der Waals surface area contributed by atoms with Crippen molar-refractivity contribution in [2.75, 3.05) is 5.32 Å². The summed E-state index contributed by atoms with van der Waals surface area (Å²) in [6.07, 6.45) is 4.38. The molecule has 0 aliphatic rings. The minimum atomic E-state index is -1.09. The Balaban J connectivity index is 1.87. The number of nitrogens with one attached hydrogen (secondary N) is 1. The third-order valence-electron chi connectivity index (χ3n) is 2.78. The Hall–Kier alpha value is -2.93. The molecule has 0 bridgehead atoms. The molecule has 0 saturated heterocycles. The lowest BCUT2D eigenvalue weighted by Gasteiger charge is -2.07. The third kappa shape index (κ3) is 3.04. The molecule has 3 heterocycles. The lowest BCUT2D eigenvalue weighted by molar-refractivity contribution is 0.0691. The van der Waals surface area contributed by atoms with Crippen molar-refractivity contribution in [1.29, 1.82) is 0 Å². The molecule has 3 aromatic rings. The molecule has 0 aliphatic carbocycles. The number of rotatable bonds is 4. The van der Waals surface area contributed by atoms with Crippen LogP contribution in [0.1, 0.15) is 10.5 Å². The van der Waals surface area contributed by atoms with Gasteiger partial charge in [-0.25, -0.2) is 19.7 Å². The molecule has 0 amide bonds. The quantitative estimate of drug-likeness (QED) is 0.769. The van der Waals surface area contributed by atoms with E-state index >= 15 is 0 Å². The number of aromatic carboxylic acids is 1. The van der Waals surface area contributed by atoms with Crippen molar-refractivity contribution in [3.8, 4) is 5.82 Å². The van der Waals surface area contributed by atoms with E-state index in [2.05, 4.69) is 20.3 Å². The highest BCUT2D eigenvalue weighted by Gasteiger charge is 2.08. The number of pyridine rings is 2. The topological polar surface area (TPSA) is 92.9 Å². The van der Waals surface area contributed by atoms with E-state index in [4.69, 9.17) is 16.7 Å². The van der Waals surface area contributed by atoms with Gasteiger partial charge in [-0.15, -0.1) is 0 Å². The van der Waals surface area contributed by atoms with Crippen LogP contribution in [0.2, 0.25) is 5.02 Å². The third-order valence-corrected chi connectivity index (χ3v) is 3.01. The van der Waals surface area contributed by atoms with E-state index in [1.165, 1.54) is 17.1 Å². The Labute approximate surface area is 130 Å². The van der Waals surface area contributed by atoms with E-state index < -0.39 is 5.97 Å². The number of hydrogen-bond donors (Lipinski definition) is 2. The molecule has 8 heteroatoms. The minimum Gasteiger partial charge on any atom is -0.476 e. The number of imidazole rings is 1. The van der Waals surface area contributed by atoms with Gasteiger partial charge in [0.25, 0.3) is 0 Å². The van der Waals surface area contributed by atoms with Crippen LogP contribution >= 0.6 is 11.6 Å². The summed E-state index contributed by atoms with van der Waals surface area (Å²) in [5.74, 6) is 0.565. The summed E-state index contributed by atoms with van der Waals surface area (Å²) in [5, 5.41) is 12.5. The molecule has 110 valence electrons. The summed E-state index contributed by atoms with van der Waals surface area (Å²) >= 11 is 5.90. The fourth-order valence-electron chi connectivity index (χ4n) is 1.80. The van der Waals surface area contributed by atoms with Gasteiger partial charge in [0.15, 0.2) is 5.69 Å². The summed E-state index contributed by atoms with van der Waals surface area (Å²) in [6, 6.07) is 8.64. The van der Waals surface area contributed by atoms with Crippen molar-refractivity contribution < 1.29 is 9.90 Å². The van der Waals surface area contributed by atoms with E-state index in [1.807, 2.05) is 0 Å². The lowest BCUT2D eigenvalue weighted by Crippen LogP contribution is -2.00. The summed E-state index contributed by atoms with van der Waals surface area (Å²) in [7, 11) is 0. The van der Waals surface area contributed by atoms with Crippen LogP contribution in [0.3, 0.4) is 0 Å². The van der Waals surface area contributed by atoms with Crippen molar-refractivity contribution in [3.05, 3.63) is 59.8 Å². The average Bonchev–Trinajstić information content (AvgIpc) is 2.97. The van der Waals surface area contributed by atoms with E-state index in [1.54, 1.807) is 36.5 Å². The predicted molar refractivity (Wildman–Crippen MR) is 80.8 cm³/mol. The monoisotopic (exact) mass is 315 g/mol. The van der Waals surface area contributed by atoms with Crippen LogP contribution in [-0.2, 0) is 0 Å². The summed E-state index contributed by atoms with van der Waals surface area (Å²) < 4.78 is 1.53. The zero-order valence-electron chi connectivity index (χ0n) is 11.1. The van der Waals surface area contributed by atoms with E-state index in [0.717, 1.165) is 0 Å². The van der Waals surface area contributed by atoms with E-state index in [9.17, 15) is 4.79 Å². The Morgan fingerprint density at radius 3 is 2.82 bits per heavy atom. The molecule has 7 nitrogen and oxygen atoms in total. The molecule has 0 fully saturated rings. The molecule has 2 N–H and O–H groups in total. The fourth-order valence-corrected chi connectivity index (χ4v) is 1.96. The molecular formula is C14H10ClN5O2. The molecule has 3 rings (SSSR count). The van der Waals surface area contributed by atoms with Crippen LogP contribution < -0.4 is 5.32 Å². The molecule has 0 aliphatic heterocycles. The van der Waals surface area contributed by atoms with Crippen LogP contribution in [0.5, 0.6) is 0 Å². The molecular weight excluding hydrogens is 306 g/mol. The first-order chi connectivity index (χ1) is 10.6. The first kappa shape index (κ1) is 14.0. The Kier molecular flexibility index (Phi) is 3.71. The second-order valence-corrected chi connectivity index (χ2v) is 4.77. The van der Waals surface area contributed by atoms with Crippen molar-refractivity contribution in [2.45, 2.75) is 0 Å². The first-order valence-electron chi connectivity index (χ1n) is 6.25. The zero-order chi connectivity index (χ0) is 15.5. The fraction of sp³-hybridized carbons (Fsp3) is 0. The highest BCUT2D eigenvalue weighted by atomic mass is 35.5. The summed E-state index contributed by atoms with van der Waals surface area (Å²) in [5.41, 5.74) is -0.0447. The van der Waals surface area contributed by atoms with Gasteiger partial charge in [0.2, 0.25) is 0 Å². The average molecular weight is 316 g/mol. The van der Waals surface area contributed by atoms with Crippen LogP contribution in [0.25, 0.3) is 5.82 Å². The molecule has 3 aromatic heterocycles. The Morgan fingerprint density at radius 2 is 2.09 bits per heavy atom. The van der Waals surface area contributed by atoms with Gasteiger partial charge in [-0.3, -0.25) is 4.57 Å². The van der Waals surface area contributed by atoms with Crippen LogP contribution in [0.4, 0.5) is 11.6 Å². The van der Waals surface area contributed by atoms with Gasteiger partial charge in [-0.1, -0.05) is 17.7 Å². The van der Waals surface area contributed by atoms with Gasteiger partial charge in [-0.05, 0) is 24.3 Å². The highest BCUT2D eigenvalue weighted by molar-refractivity contribution is 6.30. The second-order valence-electron chi connectivity index (χ2n) is 4.34. The maximum atomic E-state index is 10.9. The number of carboxylic acid groups (broad SMARTS) is 1. The minimum absolute atomic E-state index is 0.0447. The predicted octanol–water partition coefficient (Wildman–Crippen LogP) is 2.76. The van der Waals surface area contributed by atoms with E-state index in [0.29, 0.717) is 22.5 Å². The lowest BCUT2D eigenvalue weighted by atomic mass is 10.4. The first-order valence-corrected chi connectivity index (χ1v) is 6.63. The zero-order valence-corrected chi connectivity index (χ0v) is 11.9. The van der Waals surface area contributed by atoms with Crippen molar-refractivity contribution in [1.82, 2.24) is 19.5 Å². The smallest absolute Gasteiger partial charge is 0.356 e. The summed E-state index contributed by atoms with van der Waals surface area (Å²) in [6.45, 7) is 0. The molecule has 0 radical (unpaired) electrons. The number of hydrogen-bond acceptors (Lipinski definition) is 5. The van der Waals surface area contributed by atoms with Crippen LogP contribution in [-0.4, -0.2) is 30.6 Å². The largest absolute Gasteiger partial charge is 0.476 e. The Bertz CT molecular complexity index is 833. The molecule has 22 heavy (non-hydrogen) atoms. The van der Waals surface area contributed by atoms with Crippen molar-refractivity contribution >= 4 is 29.2 Å². The van der Waals surface area contributed by atoms with Gasteiger partial charge in [0, 0.05) is 17.4 Å². The van der Waals surface area contributed by atoms with Crippen molar-refractivity contribution in [2.24, 2.45) is 0 Å². The standard InChI is InChI=1S/C14H10ClN5O2/c15-9-4-5-16-12(6-9)18-11-2-1-3-13(19-11)20-7-10(14(21)22)17-8-20/h1-8H,(H,21,22)(H,16,18,19). The number of halogens is 1. The number of carbonyl (C=O) groups is 1.